The first-order chi connectivity index (χ1) is 12.8. The van der Waals surface area contributed by atoms with Crippen LogP contribution in [0.3, 0.4) is 0 Å². The monoisotopic (exact) mass is 354 g/mol. The number of hydrogen-bond donors (Lipinski definition) is 3. The molecule has 0 aliphatic carbocycles. The Morgan fingerprint density at radius 1 is 1.23 bits per heavy atom. The Balaban J connectivity index is 1.54. The first kappa shape index (κ1) is 18.5. The molecule has 0 saturated heterocycles. The number of hydrogen-bond acceptors (Lipinski definition) is 2. The largest absolute Gasteiger partial charge is 0.377 e. The summed E-state index contributed by atoms with van der Waals surface area (Å²) in [5.41, 5.74) is 5.30. The summed E-state index contributed by atoms with van der Waals surface area (Å²) >= 11 is 0. The van der Waals surface area contributed by atoms with Crippen molar-refractivity contribution in [3.8, 4) is 0 Å². The molecule has 0 amide bonds. The summed E-state index contributed by atoms with van der Waals surface area (Å²) in [6, 6.07) is 8.48. The molecule has 3 N–H and O–H groups in total. The molecule has 0 saturated carbocycles. The highest BCUT2D eigenvalue weighted by Crippen LogP contribution is 2.22. The molecule has 0 unspecified atom stereocenters. The fourth-order valence-electron chi connectivity index (χ4n) is 3.41. The van der Waals surface area contributed by atoms with Gasteiger partial charge in [-0.2, -0.15) is 0 Å². The molecule has 1 aliphatic heterocycles. The molecule has 5 nitrogen and oxygen atoms in total. The number of aromatic nitrogens is 1. The van der Waals surface area contributed by atoms with Crippen molar-refractivity contribution in [1.82, 2.24) is 15.6 Å². The lowest BCUT2D eigenvalue weighted by Crippen LogP contribution is -2.38. The van der Waals surface area contributed by atoms with Gasteiger partial charge in [0.25, 0.3) is 0 Å². The molecule has 0 fully saturated rings. The molecule has 140 valence electrons. The van der Waals surface area contributed by atoms with Gasteiger partial charge < -0.3 is 20.4 Å². The van der Waals surface area contributed by atoms with E-state index < -0.39 is 0 Å². The lowest BCUT2D eigenvalue weighted by molar-refractivity contribution is 0.153. The van der Waals surface area contributed by atoms with Crippen LogP contribution in [0.25, 0.3) is 10.9 Å². The zero-order valence-corrected chi connectivity index (χ0v) is 15.9. The van der Waals surface area contributed by atoms with Gasteiger partial charge in [0.2, 0.25) is 0 Å². The van der Waals surface area contributed by atoms with E-state index in [0.717, 1.165) is 58.1 Å². The highest BCUT2D eigenvalue weighted by Gasteiger charge is 2.08. The summed E-state index contributed by atoms with van der Waals surface area (Å²) < 4.78 is 5.36. The molecule has 0 spiro atoms. The molecule has 0 atom stereocenters. The highest BCUT2D eigenvalue weighted by atomic mass is 16.5. The second-order valence-electron chi connectivity index (χ2n) is 6.65. The summed E-state index contributed by atoms with van der Waals surface area (Å²) in [6.45, 7) is 8.40. The van der Waals surface area contributed by atoms with Crippen molar-refractivity contribution in [3.63, 3.8) is 0 Å². The van der Waals surface area contributed by atoms with Gasteiger partial charge in [0.1, 0.15) is 0 Å². The number of ether oxygens (including phenoxy) is 1. The van der Waals surface area contributed by atoms with Gasteiger partial charge in [0.15, 0.2) is 5.96 Å². The minimum absolute atomic E-state index is 0.757. The molecule has 2 heterocycles. The van der Waals surface area contributed by atoms with E-state index in [1.165, 1.54) is 27.7 Å². The van der Waals surface area contributed by atoms with Crippen molar-refractivity contribution in [3.05, 3.63) is 47.2 Å². The Bertz CT molecular complexity index is 775. The van der Waals surface area contributed by atoms with Crippen molar-refractivity contribution in [2.24, 2.45) is 4.99 Å². The number of H-pyrrole nitrogens is 1. The molecule has 1 aromatic carbocycles. The van der Waals surface area contributed by atoms with Crippen LogP contribution in [0.4, 0.5) is 0 Å². The fourth-order valence-corrected chi connectivity index (χ4v) is 3.41. The van der Waals surface area contributed by atoms with Crippen molar-refractivity contribution in [2.75, 3.05) is 32.8 Å². The third kappa shape index (κ3) is 4.88. The number of guanidine groups is 1. The maximum atomic E-state index is 5.36. The minimum Gasteiger partial charge on any atom is -0.377 e. The second kappa shape index (κ2) is 9.43. The first-order valence-corrected chi connectivity index (χ1v) is 9.62. The van der Waals surface area contributed by atoms with Crippen LogP contribution in [0.15, 0.2) is 40.9 Å². The number of benzene rings is 1. The van der Waals surface area contributed by atoms with Crippen LogP contribution in [-0.4, -0.2) is 43.8 Å². The van der Waals surface area contributed by atoms with Gasteiger partial charge in [-0.3, -0.25) is 4.99 Å². The Labute approximate surface area is 155 Å². The normalized spacial score (nSPS) is 15.2. The maximum absolute atomic E-state index is 5.36. The van der Waals surface area contributed by atoms with Crippen molar-refractivity contribution in [2.45, 2.75) is 33.1 Å². The number of rotatable bonds is 7. The summed E-state index contributed by atoms with van der Waals surface area (Å²) in [5, 5.41) is 8.10. The third-order valence-corrected chi connectivity index (χ3v) is 4.80. The van der Waals surface area contributed by atoms with Gasteiger partial charge in [-0.05, 0) is 44.7 Å². The maximum Gasteiger partial charge on any atom is 0.191 e. The van der Waals surface area contributed by atoms with Crippen molar-refractivity contribution in [1.29, 1.82) is 0 Å². The molecule has 2 aromatic rings. The minimum atomic E-state index is 0.757. The number of fused-ring (bicyclic) bond motifs is 1. The quantitative estimate of drug-likeness (QED) is 0.406. The number of nitrogens with zero attached hydrogens (tertiary/aromatic N) is 1. The molecular weight excluding hydrogens is 324 g/mol. The van der Waals surface area contributed by atoms with Gasteiger partial charge in [0.05, 0.1) is 13.2 Å². The highest BCUT2D eigenvalue weighted by molar-refractivity contribution is 5.84. The Kier molecular flexibility index (Phi) is 6.72. The lowest BCUT2D eigenvalue weighted by atomic mass is 10.1. The lowest BCUT2D eigenvalue weighted by Gasteiger charge is -2.15. The molecule has 26 heavy (non-hydrogen) atoms. The summed E-state index contributed by atoms with van der Waals surface area (Å²) in [4.78, 5) is 8.22. The zero-order chi connectivity index (χ0) is 18.2. The Morgan fingerprint density at radius 3 is 2.92 bits per heavy atom. The van der Waals surface area contributed by atoms with E-state index in [1.807, 2.05) is 0 Å². The van der Waals surface area contributed by atoms with Crippen LogP contribution < -0.4 is 10.6 Å². The van der Waals surface area contributed by atoms with E-state index in [0.29, 0.717) is 0 Å². The van der Waals surface area contributed by atoms with Crippen LogP contribution in [0.5, 0.6) is 0 Å². The second-order valence-corrected chi connectivity index (χ2v) is 6.65. The smallest absolute Gasteiger partial charge is 0.191 e. The Hall–Kier alpha value is -2.27. The first-order valence-electron chi connectivity index (χ1n) is 9.62. The molecule has 0 bridgehead atoms. The Morgan fingerprint density at radius 2 is 2.12 bits per heavy atom. The summed E-state index contributed by atoms with van der Waals surface area (Å²) in [6.07, 6.45) is 5.24. The topological polar surface area (TPSA) is 61.4 Å². The van der Waals surface area contributed by atoms with E-state index in [4.69, 9.17) is 9.73 Å². The summed E-state index contributed by atoms with van der Waals surface area (Å²) in [7, 11) is 0. The molecule has 1 aliphatic rings. The van der Waals surface area contributed by atoms with Crippen molar-refractivity contribution >= 4 is 16.9 Å². The number of aryl methyl sites for hydroxylation is 1. The van der Waals surface area contributed by atoms with Crippen LogP contribution in [0, 0.1) is 6.92 Å². The van der Waals surface area contributed by atoms with Gasteiger partial charge in [-0.25, -0.2) is 0 Å². The molecule has 3 rings (SSSR count). The van der Waals surface area contributed by atoms with Crippen LogP contribution in [-0.2, 0) is 11.2 Å². The molecule has 5 heteroatoms. The summed E-state index contributed by atoms with van der Waals surface area (Å²) in [5.74, 6) is 0.901. The van der Waals surface area contributed by atoms with E-state index in [2.05, 4.69) is 59.8 Å². The van der Waals surface area contributed by atoms with Gasteiger partial charge >= 0.3 is 0 Å². The van der Waals surface area contributed by atoms with Crippen LogP contribution in [0.1, 0.15) is 31.0 Å². The standard InChI is InChI=1S/C21H30N4O/c1-3-22-21(23-12-8-17-10-14-26-15-11-17)24-13-9-18-16(2)25-20-7-5-4-6-19(18)20/h4-7,10,25H,3,8-9,11-15H2,1-2H3,(H2,22,23,24). The number of aromatic amines is 1. The third-order valence-electron chi connectivity index (χ3n) is 4.80. The SMILES string of the molecule is CCNC(=NCCc1c(C)[nH]c2ccccc12)NCCC1=CCOCC1. The van der Waals surface area contributed by atoms with Crippen molar-refractivity contribution < 1.29 is 4.74 Å². The van der Waals surface area contributed by atoms with Gasteiger partial charge in [-0.15, -0.1) is 0 Å². The van der Waals surface area contributed by atoms with Gasteiger partial charge in [0, 0.05) is 36.2 Å². The average Bonchev–Trinajstić information content (AvgIpc) is 2.98. The molecule has 1 aromatic heterocycles. The van der Waals surface area contributed by atoms with Gasteiger partial charge in [-0.1, -0.05) is 29.8 Å². The van der Waals surface area contributed by atoms with Crippen LogP contribution in [0.2, 0.25) is 0 Å². The molecular formula is C21H30N4O. The number of nitrogens with one attached hydrogen (secondary N) is 3. The van der Waals surface area contributed by atoms with E-state index in [-0.39, 0.29) is 0 Å². The number of para-hydroxylation sites is 1. The fraction of sp³-hybridized carbons (Fsp3) is 0.476. The predicted octanol–water partition coefficient (Wildman–Crippen LogP) is 3.31. The predicted molar refractivity (Wildman–Crippen MR) is 109 cm³/mol. The van der Waals surface area contributed by atoms with E-state index in [9.17, 15) is 0 Å². The average molecular weight is 354 g/mol. The zero-order valence-electron chi connectivity index (χ0n) is 15.9. The van der Waals surface area contributed by atoms with Crippen LogP contribution >= 0.6 is 0 Å². The van der Waals surface area contributed by atoms with E-state index in [1.54, 1.807) is 0 Å². The van der Waals surface area contributed by atoms with E-state index >= 15 is 0 Å². The molecule has 0 radical (unpaired) electrons. The number of aliphatic imine (C=N–C) groups is 1.